The largest absolute Gasteiger partial charge is 0.351 e. The molecule has 0 bridgehead atoms. The second kappa shape index (κ2) is 9.14. The molecule has 3 rings (SSSR count). The maximum atomic E-state index is 12.4. The van der Waals surface area contributed by atoms with Crippen molar-refractivity contribution < 1.29 is 9.59 Å². The molecule has 0 aromatic heterocycles. The number of anilines is 1. The van der Waals surface area contributed by atoms with E-state index in [4.69, 9.17) is 5.73 Å². The zero-order valence-corrected chi connectivity index (χ0v) is 15.4. The summed E-state index contributed by atoms with van der Waals surface area (Å²) in [5.74, 6) is 0.269. The summed E-state index contributed by atoms with van der Waals surface area (Å²) in [6.07, 6.45) is 5.52. The first-order chi connectivity index (χ1) is 12.7. The van der Waals surface area contributed by atoms with Crippen molar-refractivity contribution in [3.05, 3.63) is 29.8 Å². The highest BCUT2D eigenvalue weighted by Crippen LogP contribution is 2.31. The predicted molar refractivity (Wildman–Crippen MR) is 103 cm³/mol. The summed E-state index contributed by atoms with van der Waals surface area (Å²) in [5, 5.41) is 5.92. The van der Waals surface area contributed by atoms with Crippen molar-refractivity contribution in [1.82, 2.24) is 10.2 Å². The van der Waals surface area contributed by atoms with E-state index in [1.54, 1.807) is 24.3 Å². The molecule has 1 heterocycles. The Morgan fingerprint density at radius 2 is 1.81 bits per heavy atom. The third-order valence-corrected chi connectivity index (χ3v) is 5.63. The van der Waals surface area contributed by atoms with Gasteiger partial charge in [0.1, 0.15) is 0 Å². The van der Waals surface area contributed by atoms with E-state index in [9.17, 15) is 9.59 Å². The van der Waals surface area contributed by atoms with Crippen LogP contribution in [0.4, 0.5) is 5.69 Å². The first kappa shape index (κ1) is 18.9. The molecule has 0 spiro atoms. The molecule has 1 aromatic carbocycles. The summed E-state index contributed by atoms with van der Waals surface area (Å²) < 4.78 is 0. The number of nitrogens with two attached hydrogens (primary N) is 1. The van der Waals surface area contributed by atoms with Gasteiger partial charge in [-0.3, -0.25) is 9.59 Å². The van der Waals surface area contributed by atoms with E-state index in [1.807, 2.05) is 0 Å². The fourth-order valence-corrected chi connectivity index (χ4v) is 4.04. The average Bonchev–Trinajstić information content (AvgIpc) is 3.33. The predicted octanol–water partition coefficient (Wildman–Crippen LogP) is 1.83. The number of rotatable bonds is 7. The summed E-state index contributed by atoms with van der Waals surface area (Å²) in [6, 6.07) is 7.10. The lowest BCUT2D eigenvalue weighted by Crippen LogP contribution is -2.33. The van der Waals surface area contributed by atoms with E-state index in [0.717, 1.165) is 44.6 Å². The van der Waals surface area contributed by atoms with Crippen LogP contribution in [-0.4, -0.2) is 49.4 Å². The van der Waals surface area contributed by atoms with Gasteiger partial charge in [-0.05, 0) is 75.5 Å². The van der Waals surface area contributed by atoms with E-state index >= 15 is 0 Å². The van der Waals surface area contributed by atoms with Gasteiger partial charge in [-0.15, -0.1) is 0 Å². The lowest BCUT2D eigenvalue weighted by Gasteiger charge is -2.17. The van der Waals surface area contributed by atoms with Crippen LogP contribution in [-0.2, 0) is 4.79 Å². The lowest BCUT2D eigenvalue weighted by atomic mass is 9.95. The topological polar surface area (TPSA) is 87.5 Å². The van der Waals surface area contributed by atoms with Crippen molar-refractivity contribution in [3.63, 3.8) is 0 Å². The minimum absolute atomic E-state index is 0.00793. The highest BCUT2D eigenvalue weighted by atomic mass is 16.2. The van der Waals surface area contributed by atoms with Gasteiger partial charge in [0.05, 0.1) is 0 Å². The van der Waals surface area contributed by atoms with Crippen LogP contribution in [0.2, 0.25) is 0 Å². The summed E-state index contributed by atoms with van der Waals surface area (Å²) in [7, 11) is 0. The van der Waals surface area contributed by atoms with E-state index in [2.05, 4.69) is 15.5 Å². The van der Waals surface area contributed by atoms with Crippen LogP contribution in [0.3, 0.4) is 0 Å². The molecule has 1 saturated heterocycles. The number of likely N-dealkylation sites (tertiary alicyclic amines) is 1. The van der Waals surface area contributed by atoms with Crippen LogP contribution >= 0.6 is 0 Å². The van der Waals surface area contributed by atoms with Crippen LogP contribution < -0.4 is 16.4 Å². The monoisotopic (exact) mass is 358 g/mol. The number of carbonyl (C=O) groups is 2. The first-order valence-corrected chi connectivity index (χ1v) is 9.79. The van der Waals surface area contributed by atoms with Crippen LogP contribution in [0.25, 0.3) is 0 Å². The van der Waals surface area contributed by atoms with Gasteiger partial charge in [0, 0.05) is 30.3 Å². The van der Waals surface area contributed by atoms with Gasteiger partial charge in [-0.2, -0.15) is 0 Å². The minimum atomic E-state index is -0.0685. The Kier molecular flexibility index (Phi) is 6.63. The molecule has 4 N–H and O–H groups in total. The normalized spacial score (nSPS) is 23.1. The first-order valence-electron chi connectivity index (χ1n) is 9.79. The summed E-state index contributed by atoms with van der Waals surface area (Å²) >= 11 is 0. The number of nitrogens with one attached hydrogen (secondary N) is 2. The Balaban J connectivity index is 1.46. The lowest BCUT2D eigenvalue weighted by molar-refractivity contribution is -0.120. The molecule has 2 aliphatic rings. The molecule has 0 unspecified atom stereocenters. The Morgan fingerprint density at radius 1 is 1.08 bits per heavy atom. The van der Waals surface area contributed by atoms with Gasteiger partial charge in [0.2, 0.25) is 5.91 Å². The molecule has 6 heteroatoms. The quantitative estimate of drug-likeness (QED) is 0.694. The summed E-state index contributed by atoms with van der Waals surface area (Å²) in [4.78, 5) is 27.0. The zero-order valence-electron chi connectivity index (χ0n) is 15.4. The van der Waals surface area contributed by atoms with Crippen molar-refractivity contribution in [2.75, 3.05) is 38.0 Å². The molecular formula is C20H30N4O2. The molecule has 1 aromatic rings. The molecular weight excluding hydrogens is 328 g/mol. The van der Waals surface area contributed by atoms with E-state index in [-0.39, 0.29) is 23.7 Å². The Morgan fingerprint density at radius 3 is 2.50 bits per heavy atom. The van der Waals surface area contributed by atoms with Crippen molar-refractivity contribution in [3.8, 4) is 0 Å². The highest BCUT2D eigenvalue weighted by molar-refractivity contribution is 5.96. The van der Waals surface area contributed by atoms with Crippen LogP contribution in [0.5, 0.6) is 0 Å². The second-order valence-electron chi connectivity index (χ2n) is 7.40. The van der Waals surface area contributed by atoms with Crippen molar-refractivity contribution in [2.45, 2.75) is 32.1 Å². The fourth-order valence-electron chi connectivity index (χ4n) is 4.04. The van der Waals surface area contributed by atoms with Gasteiger partial charge < -0.3 is 21.3 Å². The number of hydrogen-bond donors (Lipinski definition) is 3. The minimum Gasteiger partial charge on any atom is -0.351 e. The van der Waals surface area contributed by atoms with Crippen LogP contribution in [0.15, 0.2) is 24.3 Å². The maximum absolute atomic E-state index is 12.4. The Hall–Kier alpha value is -1.92. The molecule has 26 heavy (non-hydrogen) atoms. The molecule has 2 fully saturated rings. The number of hydrogen-bond acceptors (Lipinski definition) is 4. The highest BCUT2D eigenvalue weighted by Gasteiger charge is 2.31. The van der Waals surface area contributed by atoms with Gasteiger partial charge in [-0.1, -0.05) is 6.42 Å². The van der Waals surface area contributed by atoms with E-state index in [1.165, 1.54) is 12.8 Å². The van der Waals surface area contributed by atoms with Gasteiger partial charge in [0.15, 0.2) is 0 Å². The number of benzene rings is 1. The molecule has 1 aliphatic heterocycles. The number of nitrogens with zero attached hydrogens (tertiary/aromatic N) is 1. The SMILES string of the molecule is NC[C@H]1CCC[C@H]1C(=O)Nc1ccc(C(=O)NCCN2CCCC2)cc1. The molecule has 1 aliphatic carbocycles. The number of amides is 2. The number of carbonyl (C=O) groups excluding carboxylic acids is 2. The standard InChI is InChI=1S/C20H30N4O2/c21-14-16-4-3-5-18(16)20(26)23-17-8-6-15(7-9-17)19(25)22-10-13-24-11-1-2-12-24/h6-9,16,18H,1-5,10-14,21H2,(H,22,25)(H,23,26)/t16-,18-/m1/s1. The van der Waals surface area contributed by atoms with E-state index in [0.29, 0.717) is 18.7 Å². The smallest absolute Gasteiger partial charge is 0.251 e. The zero-order chi connectivity index (χ0) is 18.4. The molecule has 2 atom stereocenters. The molecule has 0 radical (unpaired) electrons. The Labute approximate surface area is 155 Å². The third kappa shape index (κ3) is 4.83. The molecule has 1 saturated carbocycles. The summed E-state index contributed by atoms with van der Waals surface area (Å²) in [6.45, 7) is 4.41. The van der Waals surface area contributed by atoms with Gasteiger partial charge in [0.25, 0.3) is 5.91 Å². The molecule has 6 nitrogen and oxygen atoms in total. The summed E-state index contributed by atoms with van der Waals surface area (Å²) in [5.41, 5.74) is 7.10. The van der Waals surface area contributed by atoms with Crippen molar-refractivity contribution >= 4 is 17.5 Å². The molecule has 142 valence electrons. The van der Waals surface area contributed by atoms with Crippen molar-refractivity contribution in [2.24, 2.45) is 17.6 Å². The second-order valence-corrected chi connectivity index (χ2v) is 7.40. The molecule has 2 amide bonds. The van der Waals surface area contributed by atoms with Gasteiger partial charge in [-0.25, -0.2) is 0 Å². The van der Waals surface area contributed by atoms with Crippen molar-refractivity contribution in [1.29, 1.82) is 0 Å². The van der Waals surface area contributed by atoms with Gasteiger partial charge >= 0.3 is 0 Å². The van der Waals surface area contributed by atoms with Crippen LogP contribution in [0.1, 0.15) is 42.5 Å². The maximum Gasteiger partial charge on any atom is 0.251 e. The third-order valence-electron chi connectivity index (χ3n) is 5.63. The van der Waals surface area contributed by atoms with E-state index < -0.39 is 0 Å². The Bertz CT molecular complexity index is 611. The van der Waals surface area contributed by atoms with Crippen LogP contribution in [0, 0.1) is 11.8 Å². The fraction of sp³-hybridized carbons (Fsp3) is 0.600. The average molecular weight is 358 g/mol.